The van der Waals surface area contributed by atoms with Crippen molar-refractivity contribution in [2.45, 2.75) is 149 Å². The molecule has 16 heteroatoms. The van der Waals surface area contributed by atoms with Crippen LogP contribution in [0, 0.1) is 28.1 Å². The Labute approximate surface area is 354 Å². The first-order chi connectivity index (χ1) is 22.8. The van der Waals surface area contributed by atoms with Crippen LogP contribution in [-0.4, -0.2) is 59.9 Å². The zero-order valence-corrected chi connectivity index (χ0v) is 38.0. The number of ketones is 2. The van der Waals surface area contributed by atoms with Gasteiger partial charge in [-0.2, -0.15) is 0 Å². The van der Waals surface area contributed by atoms with Crippen molar-refractivity contribution in [2.24, 2.45) is 28.1 Å². The standard InChI is InChI=1S/C36H56O12S2.2Na/c1-24-10-15-31-35(7,19-8-16-32(3,4)46-31)36(24,39)21-20-33(5)17-9-18-34(6,29(33)14-11-25(2)37)30(38)23-26-22-27(47-49(40,41)42)12-13-28(26)48-50(43,44)45;;/h12-13,22,24,29,31,39H,8-11,14-21,23H2,1-7H3,(H,40,41,42)(H,43,44,45);;/q;2*+1/p-2/t24-,29-,31+,33+,34-,35+,36-;;/m1../s1. The quantitative estimate of drug-likeness (QED) is 0.159. The summed E-state index contributed by atoms with van der Waals surface area (Å²) in [6.45, 7) is 14.0. The third kappa shape index (κ3) is 11.1. The van der Waals surface area contributed by atoms with Gasteiger partial charge in [-0.25, -0.2) is 16.8 Å². The van der Waals surface area contributed by atoms with Crippen LogP contribution in [-0.2, 0) is 41.5 Å². The van der Waals surface area contributed by atoms with E-state index in [-0.39, 0.29) is 106 Å². The van der Waals surface area contributed by atoms with Gasteiger partial charge in [0.1, 0.15) is 23.1 Å². The van der Waals surface area contributed by atoms with E-state index in [0.29, 0.717) is 32.1 Å². The summed E-state index contributed by atoms with van der Waals surface area (Å²) in [4.78, 5) is 26.8. The molecule has 7 atom stereocenters. The Morgan fingerprint density at radius 2 is 1.52 bits per heavy atom. The molecule has 1 heterocycles. The fourth-order valence-electron chi connectivity index (χ4n) is 9.75. The van der Waals surface area contributed by atoms with Crippen molar-refractivity contribution in [3.8, 4) is 11.5 Å². The number of Topliss-reactive ketones (excluding diaryl/α,β-unsaturated/α-hetero) is 2. The first-order valence-corrected chi connectivity index (χ1v) is 20.4. The number of fused-ring (bicyclic) bond motifs is 1. The number of aliphatic hydroxyl groups is 1. The van der Waals surface area contributed by atoms with E-state index in [2.05, 4.69) is 43.0 Å². The van der Waals surface area contributed by atoms with E-state index in [4.69, 9.17) is 4.74 Å². The topological polar surface area (TPSA) is 196 Å². The average molecular weight is 789 g/mol. The Kier molecular flexibility index (Phi) is 16.2. The monoisotopic (exact) mass is 788 g/mol. The van der Waals surface area contributed by atoms with E-state index in [1.807, 2.05) is 6.92 Å². The van der Waals surface area contributed by atoms with Gasteiger partial charge in [0.25, 0.3) is 20.8 Å². The van der Waals surface area contributed by atoms with Crippen LogP contribution in [0.5, 0.6) is 11.5 Å². The summed E-state index contributed by atoms with van der Waals surface area (Å²) in [5, 5.41) is 12.7. The number of hydrogen-bond acceptors (Lipinski definition) is 12. The first-order valence-electron chi connectivity index (χ1n) is 17.7. The molecule has 4 rings (SSSR count). The Morgan fingerprint density at radius 1 is 0.904 bits per heavy atom. The average Bonchev–Trinajstić information content (AvgIpc) is 3.08. The summed E-state index contributed by atoms with van der Waals surface area (Å²) in [7, 11) is -10.5. The van der Waals surface area contributed by atoms with Gasteiger partial charge in [0.15, 0.2) is 0 Å². The molecule has 12 nitrogen and oxygen atoms in total. The van der Waals surface area contributed by atoms with Gasteiger partial charge in [-0.05, 0) is 120 Å². The van der Waals surface area contributed by atoms with Crippen LogP contribution in [0.15, 0.2) is 18.2 Å². The number of rotatable bonds is 13. The molecule has 1 aromatic carbocycles. The van der Waals surface area contributed by atoms with Crippen LogP contribution in [0.2, 0.25) is 0 Å². The largest absolute Gasteiger partial charge is 1.00 e. The van der Waals surface area contributed by atoms with E-state index in [1.54, 1.807) is 0 Å². The predicted molar refractivity (Wildman–Crippen MR) is 183 cm³/mol. The van der Waals surface area contributed by atoms with Crippen molar-refractivity contribution in [3.05, 3.63) is 23.8 Å². The maximum atomic E-state index is 14.5. The van der Waals surface area contributed by atoms with Crippen molar-refractivity contribution in [2.75, 3.05) is 0 Å². The second kappa shape index (κ2) is 17.6. The molecule has 3 fully saturated rings. The molecule has 1 aliphatic heterocycles. The number of benzene rings is 1. The number of carbonyl (C=O) groups is 2. The summed E-state index contributed by atoms with van der Waals surface area (Å²) in [6, 6.07) is 2.90. The Bertz CT molecular complexity index is 1670. The van der Waals surface area contributed by atoms with E-state index >= 15 is 0 Å². The van der Waals surface area contributed by atoms with Crippen molar-refractivity contribution in [1.82, 2.24) is 0 Å². The molecule has 0 bridgehead atoms. The van der Waals surface area contributed by atoms with Crippen LogP contribution in [0.25, 0.3) is 0 Å². The molecule has 3 aliphatic rings. The fourth-order valence-corrected chi connectivity index (χ4v) is 10.5. The van der Waals surface area contributed by atoms with Crippen molar-refractivity contribution in [3.63, 3.8) is 0 Å². The minimum atomic E-state index is -5.27. The second-order valence-electron chi connectivity index (χ2n) is 16.6. The smallest absolute Gasteiger partial charge is 0.716 e. The summed E-state index contributed by atoms with van der Waals surface area (Å²) in [5.74, 6) is -1.62. The van der Waals surface area contributed by atoms with E-state index in [0.717, 1.165) is 56.7 Å². The van der Waals surface area contributed by atoms with Gasteiger partial charge >= 0.3 is 59.1 Å². The summed E-state index contributed by atoms with van der Waals surface area (Å²) in [6.07, 6.45) is 7.47. The van der Waals surface area contributed by atoms with Gasteiger partial charge in [0, 0.05) is 29.2 Å². The molecule has 1 N–H and O–H groups in total. The molecule has 0 amide bonds. The molecule has 1 aromatic rings. The molecular weight excluding hydrogens is 734 g/mol. The van der Waals surface area contributed by atoms with Crippen molar-refractivity contribution < 1.29 is 113 Å². The number of carbonyl (C=O) groups excluding carboxylic acids is 2. The number of hydrogen-bond donors (Lipinski definition) is 1. The third-order valence-electron chi connectivity index (χ3n) is 12.6. The predicted octanol–water partition coefficient (Wildman–Crippen LogP) is -0.0387. The first kappa shape index (κ1) is 48.0. The van der Waals surface area contributed by atoms with Gasteiger partial charge in [-0.1, -0.05) is 34.1 Å². The summed E-state index contributed by atoms with van der Waals surface area (Å²) >= 11 is 0. The van der Waals surface area contributed by atoms with Gasteiger partial charge in [0.2, 0.25) is 0 Å². The SMILES string of the molecule is CC(=O)CC[C@@H]1[C@](C)(CC[C@@]2(O)[C@H](C)CC[C@@H]3OC(C)(C)CCC[C@@]32C)CCC[C@@]1(C)C(=O)Cc1cc(OS(=O)(=O)[O-])ccc1OS(=O)(=O)[O-].[Na+].[Na+]. The van der Waals surface area contributed by atoms with Crippen LogP contribution < -0.4 is 67.5 Å². The molecule has 0 radical (unpaired) electrons. The second-order valence-corrected chi connectivity index (χ2v) is 18.6. The van der Waals surface area contributed by atoms with Crippen LogP contribution in [0.4, 0.5) is 0 Å². The molecule has 2 aliphatic carbocycles. The molecule has 0 aromatic heterocycles. The molecule has 284 valence electrons. The molecule has 0 unspecified atom stereocenters. The fraction of sp³-hybridized carbons (Fsp3) is 0.778. The molecule has 1 saturated heterocycles. The normalized spacial score (nSPS) is 33.3. The summed E-state index contributed by atoms with van der Waals surface area (Å²) in [5.41, 5.74) is -3.42. The minimum Gasteiger partial charge on any atom is -0.716 e. The van der Waals surface area contributed by atoms with Gasteiger partial charge in [-0.3, -0.25) is 4.79 Å². The Morgan fingerprint density at radius 3 is 2.12 bits per heavy atom. The zero-order chi connectivity index (χ0) is 37.6. The molecular formula is C36H54Na2O12S2. The van der Waals surface area contributed by atoms with Gasteiger partial charge in [0.05, 0.1) is 17.3 Å². The molecule has 2 saturated carbocycles. The Hall–Kier alpha value is -0.1000. The minimum absolute atomic E-state index is 0. The van der Waals surface area contributed by atoms with Crippen LogP contribution in [0.3, 0.4) is 0 Å². The molecule has 0 spiro atoms. The maximum absolute atomic E-state index is 14.5. The zero-order valence-electron chi connectivity index (χ0n) is 32.4. The molecule has 52 heavy (non-hydrogen) atoms. The van der Waals surface area contributed by atoms with Gasteiger partial charge < -0.3 is 32.1 Å². The summed E-state index contributed by atoms with van der Waals surface area (Å²) < 4.78 is 84.1. The van der Waals surface area contributed by atoms with Crippen LogP contribution in [0.1, 0.15) is 131 Å². The van der Waals surface area contributed by atoms with E-state index < -0.39 is 60.6 Å². The number of ether oxygens (including phenoxy) is 1. The van der Waals surface area contributed by atoms with E-state index in [9.17, 15) is 40.6 Å². The van der Waals surface area contributed by atoms with Crippen molar-refractivity contribution in [1.29, 1.82) is 0 Å². The van der Waals surface area contributed by atoms with Crippen molar-refractivity contribution >= 4 is 32.4 Å². The van der Waals surface area contributed by atoms with E-state index in [1.165, 1.54) is 6.92 Å². The van der Waals surface area contributed by atoms with Crippen LogP contribution >= 0.6 is 0 Å². The Balaban J connectivity index is 0.00000468. The maximum Gasteiger partial charge on any atom is 1.00 e. The third-order valence-corrected chi connectivity index (χ3v) is 13.4. The van der Waals surface area contributed by atoms with Gasteiger partial charge in [-0.15, -0.1) is 0 Å².